The number of pyridine rings is 1. The fourth-order valence-corrected chi connectivity index (χ4v) is 3.21. The van der Waals surface area contributed by atoms with E-state index in [1.807, 2.05) is 19.3 Å². The summed E-state index contributed by atoms with van der Waals surface area (Å²) in [5, 5.41) is 4.24. The molecule has 4 heteroatoms. The Morgan fingerprint density at radius 2 is 2.18 bits per heavy atom. The maximum absolute atomic E-state index is 12.3. The summed E-state index contributed by atoms with van der Waals surface area (Å²) < 4.78 is 0. The number of hydrogen-bond acceptors (Lipinski definition) is 3. The highest BCUT2D eigenvalue weighted by molar-refractivity contribution is 5.83. The smallest absolute Gasteiger partial charge is 0.237 e. The zero-order chi connectivity index (χ0) is 15.4. The van der Waals surface area contributed by atoms with Gasteiger partial charge >= 0.3 is 0 Å². The van der Waals surface area contributed by atoms with Crippen LogP contribution in [0, 0.1) is 0 Å². The average Bonchev–Trinajstić information content (AvgIpc) is 2.55. The molecular formula is C18H23N3O. The topological polar surface area (TPSA) is 45.2 Å². The molecule has 1 aliphatic rings. The summed E-state index contributed by atoms with van der Waals surface area (Å²) in [6.07, 6.45) is 5.95. The number of para-hydroxylation sites is 1. The average molecular weight is 297 g/mol. The highest BCUT2D eigenvalue weighted by Crippen LogP contribution is 2.17. The van der Waals surface area contributed by atoms with Crippen molar-refractivity contribution in [3.8, 4) is 0 Å². The van der Waals surface area contributed by atoms with Gasteiger partial charge in [-0.3, -0.25) is 14.7 Å². The Hall–Kier alpha value is -1.94. The zero-order valence-electron chi connectivity index (χ0n) is 13.1. The number of nitrogens with one attached hydrogen (secondary N) is 1. The van der Waals surface area contributed by atoms with E-state index in [1.165, 1.54) is 12.0 Å². The van der Waals surface area contributed by atoms with Gasteiger partial charge in [0.1, 0.15) is 0 Å². The Morgan fingerprint density at radius 3 is 3.05 bits per heavy atom. The van der Waals surface area contributed by atoms with Gasteiger partial charge in [0, 0.05) is 18.1 Å². The number of piperidine rings is 1. The van der Waals surface area contributed by atoms with E-state index in [1.54, 1.807) is 0 Å². The molecule has 1 atom stereocenters. The van der Waals surface area contributed by atoms with Crippen molar-refractivity contribution in [2.24, 2.45) is 0 Å². The van der Waals surface area contributed by atoms with Crippen LogP contribution >= 0.6 is 0 Å². The first kappa shape index (κ1) is 15.0. The van der Waals surface area contributed by atoms with E-state index in [0.29, 0.717) is 6.54 Å². The highest BCUT2D eigenvalue weighted by atomic mass is 16.2. The predicted octanol–water partition coefficient (Wildman–Crippen LogP) is 2.38. The number of aromatic nitrogens is 1. The van der Waals surface area contributed by atoms with Crippen LogP contribution in [0.1, 0.15) is 24.8 Å². The van der Waals surface area contributed by atoms with E-state index in [9.17, 15) is 4.79 Å². The van der Waals surface area contributed by atoms with Crippen molar-refractivity contribution in [3.05, 3.63) is 42.1 Å². The molecule has 1 aromatic heterocycles. The van der Waals surface area contributed by atoms with Crippen molar-refractivity contribution in [2.75, 3.05) is 20.1 Å². The standard InChI is InChI=1S/C18H23N3O/c1-21-13-3-2-9-16(21)18(22)20-12-10-15-7-4-6-14-8-5-11-19-17(14)15/h4-8,11,16H,2-3,9-10,12-13H2,1H3,(H,20,22)/t16-/m0/s1. The summed E-state index contributed by atoms with van der Waals surface area (Å²) in [4.78, 5) is 18.9. The van der Waals surface area contributed by atoms with Crippen LogP contribution in [0.25, 0.3) is 10.9 Å². The number of amides is 1. The molecule has 22 heavy (non-hydrogen) atoms. The van der Waals surface area contributed by atoms with Crippen LogP contribution in [0.3, 0.4) is 0 Å². The minimum absolute atomic E-state index is 0.0411. The van der Waals surface area contributed by atoms with Crippen molar-refractivity contribution in [1.29, 1.82) is 0 Å². The summed E-state index contributed by atoms with van der Waals surface area (Å²) in [6.45, 7) is 1.68. The second kappa shape index (κ2) is 6.88. The van der Waals surface area contributed by atoms with Crippen LogP contribution in [0.5, 0.6) is 0 Å². The second-order valence-corrected chi connectivity index (χ2v) is 6.03. The molecule has 2 aromatic rings. The molecule has 3 rings (SSSR count). The SMILES string of the molecule is CN1CCCC[C@H]1C(=O)NCCc1cccc2cccnc12. The summed E-state index contributed by atoms with van der Waals surface area (Å²) in [6, 6.07) is 10.3. The molecular weight excluding hydrogens is 274 g/mol. The number of carbonyl (C=O) groups excluding carboxylic acids is 1. The molecule has 1 aliphatic heterocycles. The molecule has 2 heterocycles. The van der Waals surface area contributed by atoms with Crippen LogP contribution in [0.4, 0.5) is 0 Å². The summed E-state index contributed by atoms with van der Waals surface area (Å²) in [5.41, 5.74) is 2.23. The fraction of sp³-hybridized carbons (Fsp3) is 0.444. The lowest BCUT2D eigenvalue weighted by Gasteiger charge is -2.31. The van der Waals surface area contributed by atoms with Gasteiger partial charge < -0.3 is 5.32 Å². The van der Waals surface area contributed by atoms with Crippen LogP contribution in [0.15, 0.2) is 36.5 Å². The quantitative estimate of drug-likeness (QED) is 0.942. The van der Waals surface area contributed by atoms with E-state index in [2.05, 4.69) is 39.5 Å². The molecule has 0 bridgehead atoms. The van der Waals surface area contributed by atoms with Crippen LogP contribution < -0.4 is 5.32 Å². The van der Waals surface area contributed by atoms with Gasteiger partial charge in [-0.15, -0.1) is 0 Å². The molecule has 0 saturated carbocycles. The number of hydrogen-bond donors (Lipinski definition) is 1. The Kier molecular flexibility index (Phi) is 4.68. The molecule has 1 amide bonds. The van der Waals surface area contributed by atoms with E-state index < -0.39 is 0 Å². The molecule has 116 valence electrons. The zero-order valence-corrected chi connectivity index (χ0v) is 13.1. The normalized spacial score (nSPS) is 19.2. The molecule has 0 aliphatic carbocycles. The fourth-order valence-electron chi connectivity index (χ4n) is 3.21. The second-order valence-electron chi connectivity index (χ2n) is 6.03. The Balaban J connectivity index is 1.59. The minimum Gasteiger partial charge on any atom is -0.354 e. The van der Waals surface area contributed by atoms with Gasteiger partial charge in [0.05, 0.1) is 11.6 Å². The summed E-state index contributed by atoms with van der Waals surface area (Å²) in [5.74, 6) is 0.162. The highest BCUT2D eigenvalue weighted by Gasteiger charge is 2.25. The third-order valence-electron chi connectivity index (χ3n) is 4.48. The number of likely N-dealkylation sites (tertiary alicyclic amines) is 1. The largest absolute Gasteiger partial charge is 0.354 e. The molecule has 1 aromatic carbocycles. The van der Waals surface area contributed by atoms with E-state index >= 15 is 0 Å². The first-order chi connectivity index (χ1) is 10.8. The van der Waals surface area contributed by atoms with Crippen LogP contribution in [0.2, 0.25) is 0 Å². The molecule has 0 unspecified atom stereocenters. The predicted molar refractivity (Wildman–Crippen MR) is 88.7 cm³/mol. The number of nitrogens with zero attached hydrogens (tertiary/aromatic N) is 2. The van der Waals surface area contributed by atoms with Gasteiger partial charge in [-0.1, -0.05) is 30.7 Å². The molecule has 1 N–H and O–H groups in total. The van der Waals surface area contributed by atoms with Gasteiger partial charge in [0.2, 0.25) is 5.91 Å². The number of rotatable bonds is 4. The Bertz CT molecular complexity index is 650. The third-order valence-corrected chi connectivity index (χ3v) is 4.48. The maximum Gasteiger partial charge on any atom is 0.237 e. The van der Waals surface area contributed by atoms with E-state index in [-0.39, 0.29) is 11.9 Å². The lowest BCUT2D eigenvalue weighted by molar-refractivity contribution is -0.126. The summed E-state index contributed by atoms with van der Waals surface area (Å²) in [7, 11) is 2.04. The molecule has 1 saturated heterocycles. The van der Waals surface area contributed by atoms with Crippen molar-refractivity contribution in [2.45, 2.75) is 31.7 Å². The first-order valence-electron chi connectivity index (χ1n) is 8.06. The number of likely N-dealkylation sites (N-methyl/N-ethyl adjacent to an activating group) is 1. The van der Waals surface area contributed by atoms with Gasteiger partial charge in [-0.2, -0.15) is 0 Å². The summed E-state index contributed by atoms with van der Waals surface area (Å²) >= 11 is 0. The van der Waals surface area contributed by atoms with Crippen LogP contribution in [-0.2, 0) is 11.2 Å². The van der Waals surface area contributed by atoms with Gasteiger partial charge in [-0.25, -0.2) is 0 Å². The van der Waals surface area contributed by atoms with E-state index in [4.69, 9.17) is 0 Å². The van der Waals surface area contributed by atoms with Crippen molar-refractivity contribution < 1.29 is 4.79 Å². The van der Waals surface area contributed by atoms with Crippen LogP contribution in [-0.4, -0.2) is 42.0 Å². The van der Waals surface area contributed by atoms with Crippen molar-refractivity contribution in [1.82, 2.24) is 15.2 Å². The lowest BCUT2D eigenvalue weighted by Crippen LogP contribution is -2.47. The number of benzene rings is 1. The minimum atomic E-state index is 0.0411. The monoisotopic (exact) mass is 297 g/mol. The van der Waals surface area contributed by atoms with Gasteiger partial charge in [0.15, 0.2) is 0 Å². The lowest BCUT2D eigenvalue weighted by atomic mass is 10.0. The maximum atomic E-state index is 12.3. The first-order valence-corrected chi connectivity index (χ1v) is 8.06. The molecule has 4 nitrogen and oxygen atoms in total. The van der Waals surface area contributed by atoms with Crippen molar-refractivity contribution in [3.63, 3.8) is 0 Å². The van der Waals surface area contributed by atoms with Gasteiger partial charge in [0.25, 0.3) is 0 Å². The Morgan fingerprint density at radius 1 is 1.32 bits per heavy atom. The van der Waals surface area contributed by atoms with Gasteiger partial charge in [-0.05, 0) is 44.5 Å². The molecule has 0 radical (unpaired) electrons. The van der Waals surface area contributed by atoms with Crippen molar-refractivity contribution >= 4 is 16.8 Å². The van der Waals surface area contributed by atoms with E-state index in [0.717, 1.165) is 36.7 Å². The number of fused-ring (bicyclic) bond motifs is 1. The Labute approximate surface area is 131 Å². The third kappa shape index (κ3) is 3.28. The molecule has 0 spiro atoms. The molecule has 1 fully saturated rings. The number of carbonyl (C=O) groups is 1.